The predicted molar refractivity (Wildman–Crippen MR) is 105 cm³/mol. The Balaban J connectivity index is 1.51. The molecule has 134 valence electrons. The van der Waals surface area contributed by atoms with Gasteiger partial charge in [-0.2, -0.15) is 0 Å². The zero-order valence-corrected chi connectivity index (χ0v) is 15.0. The maximum atomic E-state index is 12.1. The van der Waals surface area contributed by atoms with Gasteiger partial charge in [0.1, 0.15) is 0 Å². The van der Waals surface area contributed by atoms with E-state index in [0.717, 1.165) is 11.4 Å². The molecule has 0 aliphatic carbocycles. The van der Waals surface area contributed by atoms with Crippen molar-refractivity contribution < 1.29 is 4.79 Å². The van der Waals surface area contributed by atoms with Gasteiger partial charge in [0, 0.05) is 37.6 Å². The van der Waals surface area contributed by atoms with Crippen LogP contribution in [0, 0.1) is 0 Å². The lowest BCUT2D eigenvalue weighted by molar-refractivity contribution is 0.251. The topological polar surface area (TPSA) is 62.2 Å². The number of anilines is 2. The van der Waals surface area contributed by atoms with Gasteiger partial charge in [0.25, 0.3) is 0 Å². The molecule has 0 saturated heterocycles. The quantitative estimate of drug-likeness (QED) is 0.716. The number of benzene rings is 2. The number of rotatable bonds is 6. The number of nitrogens with one attached hydrogen (secondary N) is 2. The van der Waals surface area contributed by atoms with E-state index in [0.29, 0.717) is 12.4 Å². The van der Waals surface area contributed by atoms with E-state index in [-0.39, 0.29) is 12.1 Å². The van der Waals surface area contributed by atoms with E-state index in [1.54, 1.807) is 10.7 Å². The molecule has 2 aromatic carbocycles. The van der Waals surface area contributed by atoms with Gasteiger partial charge in [-0.3, -0.25) is 5.32 Å². The number of amides is 2. The van der Waals surface area contributed by atoms with Crippen molar-refractivity contribution in [2.75, 3.05) is 23.8 Å². The van der Waals surface area contributed by atoms with Crippen molar-refractivity contribution in [2.45, 2.75) is 13.0 Å². The molecule has 1 aromatic heterocycles. The standard InChI is InChI=1S/C20H23N5O/c1-16(24(2)17-9-5-3-6-10-17)15-21-20(26)22-19-13-14-25(23-19)18-11-7-4-8-12-18/h3-14,16H,15H2,1-2H3,(H2,21,22,23,26). The molecule has 3 aromatic rings. The highest BCUT2D eigenvalue weighted by Crippen LogP contribution is 2.13. The molecule has 0 saturated carbocycles. The first-order valence-electron chi connectivity index (χ1n) is 8.57. The zero-order chi connectivity index (χ0) is 18.4. The molecule has 2 N–H and O–H groups in total. The first-order valence-corrected chi connectivity index (χ1v) is 8.57. The number of urea groups is 1. The van der Waals surface area contributed by atoms with Crippen molar-refractivity contribution in [2.24, 2.45) is 0 Å². The summed E-state index contributed by atoms with van der Waals surface area (Å²) in [5.41, 5.74) is 2.06. The van der Waals surface area contributed by atoms with Crippen LogP contribution in [0.4, 0.5) is 16.3 Å². The number of hydrogen-bond acceptors (Lipinski definition) is 3. The number of nitrogens with zero attached hydrogens (tertiary/aromatic N) is 3. The van der Waals surface area contributed by atoms with Crippen molar-refractivity contribution in [1.29, 1.82) is 0 Å². The monoisotopic (exact) mass is 349 g/mol. The molecule has 0 spiro atoms. The zero-order valence-electron chi connectivity index (χ0n) is 15.0. The van der Waals surface area contributed by atoms with Gasteiger partial charge in [0.2, 0.25) is 0 Å². The SMILES string of the molecule is CC(CNC(=O)Nc1ccn(-c2ccccc2)n1)N(C)c1ccccc1. The summed E-state index contributed by atoms with van der Waals surface area (Å²) in [5.74, 6) is 0.510. The van der Waals surface area contributed by atoms with E-state index in [1.807, 2.05) is 73.9 Å². The lowest BCUT2D eigenvalue weighted by atomic mass is 10.2. The molecule has 3 rings (SSSR count). The normalized spacial score (nSPS) is 11.6. The molecule has 26 heavy (non-hydrogen) atoms. The van der Waals surface area contributed by atoms with Crippen LogP contribution in [0.1, 0.15) is 6.92 Å². The fourth-order valence-electron chi connectivity index (χ4n) is 2.57. The summed E-state index contributed by atoms with van der Waals surface area (Å²) >= 11 is 0. The summed E-state index contributed by atoms with van der Waals surface area (Å²) in [6.07, 6.45) is 1.82. The number of aromatic nitrogens is 2. The first kappa shape index (κ1) is 17.5. The minimum absolute atomic E-state index is 0.157. The number of likely N-dealkylation sites (N-methyl/N-ethyl adjacent to an activating group) is 1. The van der Waals surface area contributed by atoms with E-state index in [1.165, 1.54) is 0 Å². The van der Waals surface area contributed by atoms with Crippen LogP contribution in [0.25, 0.3) is 5.69 Å². The fraction of sp³-hybridized carbons (Fsp3) is 0.200. The molecule has 0 aliphatic heterocycles. The van der Waals surface area contributed by atoms with Crippen molar-refractivity contribution in [3.05, 3.63) is 72.9 Å². The van der Waals surface area contributed by atoms with Crippen LogP contribution in [-0.2, 0) is 0 Å². The van der Waals surface area contributed by atoms with E-state index < -0.39 is 0 Å². The number of carbonyl (C=O) groups is 1. The lowest BCUT2D eigenvalue weighted by Gasteiger charge is -2.27. The van der Waals surface area contributed by atoms with Crippen LogP contribution in [0.5, 0.6) is 0 Å². The first-order chi connectivity index (χ1) is 12.6. The average molecular weight is 349 g/mol. The van der Waals surface area contributed by atoms with Crippen LogP contribution >= 0.6 is 0 Å². The summed E-state index contributed by atoms with van der Waals surface area (Å²) in [7, 11) is 2.01. The largest absolute Gasteiger partial charge is 0.370 e. The average Bonchev–Trinajstić information content (AvgIpc) is 3.15. The molecule has 6 heteroatoms. The molecule has 0 bridgehead atoms. The van der Waals surface area contributed by atoms with Gasteiger partial charge in [-0.05, 0) is 31.2 Å². The van der Waals surface area contributed by atoms with Crippen LogP contribution < -0.4 is 15.5 Å². The van der Waals surface area contributed by atoms with E-state index in [4.69, 9.17) is 0 Å². The number of carbonyl (C=O) groups excluding carboxylic acids is 1. The summed E-state index contributed by atoms with van der Waals surface area (Å²) in [6, 6.07) is 21.5. The molecular formula is C20H23N5O. The Hall–Kier alpha value is -3.28. The highest BCUT2D eigenvalue weighted by atomic mass is 16.2. The van der Waals surface area contributed by atoms with Gasteiger partial charge in [-0.1, -0.05) is 36.4 Å². The summed E-state index contributed by atoms with van der Waals surface area (Å²) in [4.78, 5) is 14.3. The molecule has 1 unspecified atom stereocenters. The van der Waals surface area contributed by atoms with E-state index >= 15 is 0 Å². The van der Waals surface area contributed by atoms with E-state index in [2.05, 4.69) is 27.6 Å². The molecule has 6 nitrogen and oxygen atoms in total. The molecular weight excluding hydrogens is 326 g/mol. The van der Waals surface area contributed by atoms with Crippen LogP contribution in [0.2, 0.25) is 0 Å². The minimum Gasteiger partial charge on any atom is -0.370 e. The fourth-order valence-corrected chi connectivity index (χ4v) is 2.57. The Bertz CT molecular complexity index is 832. The van der Waals surface area contributed by atoms with Gasteiger partial charge in [-0.25, -0.2) is 9.48 Å². The number of hydrogen-bond donors (Lipinski definition) is 2. The maximum absolute atomic E-state index is 12.1. The Morgan fingerprint density at radius 1 is 1.08 bits per heavy atom. The maximum Gasteiger partial charge on any atom is 0.320 e. The lowest BCUT2D eigenvalue weighted by Crippen LogP contribution is -2.41. The third-order valence-corrected chi connectivity index (χ3v) is 4.23. The van der Waals surface area contributed by atoms with Gasteiger partial charge >= 0.3 is 6.03 Å². The molecule has 0 radical (unpaired) electrons. The van der Waals surface area contributed by atoms with Crippen molar-refractivity contribution >= 4 is 17.5 Å². The second-order valence-electron chi connectivity index (χ2n) is 6.11. The summed E-state index contributed by atoms with van der Waals surface area (Å²) < 4.78 is 1.72. The Labute approximate surface area is 153 Å². The van der Waals surface area contributed by atoms with Gasteiger partial charge < -0.3 is 10.2 Å². The third kappa shape index (κ3) is 4.42. The highest BCUT2D eigenvalue weighted by molar-refractivity contribution is 5.88. The molecule has 1 heterocycles. The highest BCUT2D eigenvalue weighted by Gasteiger charge is 2.12. The molecule has 1 atom stereocenters. The third-order valence-electron chi connectivity index (χ3n) is 4.23. The molecule has 2 amide bonds. The van der Waals surface area contributed by atoms with Gasteiger partial charge in [0.15, 0.2) is 5.82 Å². The van der Waals surface area contributed by atoms with Crippen molar-refractivity contribution in [3.8, 4) is 5.69 Å². The van der Waals surface area contributed by atoms with Gasteiger partial charge in [-0.15, -0.1) is 5.10 Å². The molecule has 0 aliphatic rings. The van der Waals surface area contributed by atoms with Gasteiger partial charge in [0.05, 0.1) is 5.69 Å². The predicted octanol–water partition coefficient (Wildman–Crippen LogP) is 3.52. The van der Waals surface area contributed by atoms with Crippen molar-refractivity contribution in [1.82, 2.24) is 15.1 Å². The van der Waals surface area contributed by atoms with Crippen molar-refractivity contribution in [3.63, 3.8) is 0 Å². The number of para-hydroxylation sites is 2. The smallest absolute Gasteiger partial charge is 0.320 e. The van der Waals surface area contributed by atoms with Crippen LogP contribution in [0.15, 0.2) is 72.9 Å². The summed E-state index contributed by atoms with van der Waals surface area (Å²) in [5, 5.41) is 10.0. The van der Waals surface area contributed by atoms with E-state index in [9.17, 15) is 4.79 Å². The Morgan fingerprint density at radius 2 is 1.73 bits per heavy atom. The Kier molecular flexibility index (Phi) is 5.53. The Morgan fingerprint density at radius 3 is 2.42 bits per heavy atom. The second kappa shape index (κ2) is 8.20. The van der Waals surface area contributed by atoms with Crippen LogP contribution in [-0.4, -0.2) is 35.4 Å². The summed E-state index contributed by atoms with van der Waals surface area (Å²) in [6.45, 7) is 2.59. The molecule has 0 fully saturated rings. The minimum atomic E-state index is -0.267. The second-order valence-corrected chi connectivity index (χ2v) is 6.11. The van der Waals surface area contributed by atoms with Crippen LogP contribution in [0.3, 0.4) is 0 Å².